The van der Waals surface area contributed by atoms with Crippen LogP contribution < -0.4 is 11.5 Å². The molecule has 0 radical (unpaired) electrons. The highest BCUT2D eigenvalue weighted by atomic mass is 15.2. The van der Waals surface area contributed by atoms with Gasteiger partial charge in [0.25, 0.3) is 0 Å². The summed E-state index contributed by atoms with van der Waals surface area (Å²) in [4.78, 5) is 2.31. The van der Waals surface area contributed by atoms with Crippen LogP contribution in [-0.4, -0.2) is 4.90 Å². The third-order valence-corrected chi connectivity index (χ3v) is 3.27. The van der Waals surface area contributed by atoms with Gasteiger partial charge >= 0.3 is 0 Å². The molecule has 1 aliphatic heterocycles. The topological polar surface area (TPSA) is 55.3 Å². The molecule has 16 heavy (non-hydrogen) atoms. The number of hydrogen-bond acceptors (Lipinski definition) is 3. The molecule has 0 atom stereocenters. The number of fused-ring (bicyclic) bond motifs is 1. The Labute approximate surface area is 96.7 Å². The average Bonchev–Trinajstić information content (AvgIpc) is 2.69. The van der Waals surface area contributed by atoms with E-state index in [1.54, 1.807) is 0 Å². The summed E-state index contributed by atoms with van der Waals surface area (Å²) in [6, 6.07) is 6.49. The summed E-state index contributed by atoms with van der Waals surface area (Å²) in [5, 5.41) is 0. The van der Waals surface area contributed by atoms with E-state index in [1.165, 1.54) is 22.4 Å². The van der Waals surface area contributed by atoms with Gasteiger partial charge < -0.3 is 16.4 Å². The van der Waals surface area contributed by atoms with E-state index in [4.69, 9.17) is 11.5 Å². The lowest BCUT2D eigenvalue weighted by Gasteiger charge is -2.19. The second kappa shape index (κ2) is 4.18. The summed E-state index contributed by atoms with van der Waals surface area (Å²) in [5.41, 5.74) is 17.5. The Morgan fingerprint density at radius 2 is 1.94 bits per heavy atom. The first kappa shape index (κ1) is 11.0. The molecule has 1 aromatic rings. The zero-order valence-electron chi connectivity index (χ0n) is 9.96. The molecule has 0 bridgehead atoms. The van der Waals surface area contributed by atoms with E-state index in [2.05, 4.69) is 30.0 Å². The van der Waals surface area contributed by atoms with Gasteiger partial charge in [0.2, 0.25) is 0 Å². The van der Waals surface area contributed by atoms with Gasteiger partial charge in [-0.2, -0.15) is 0 Å². The molecule has 86 valence electrons. The Hall–Kier alpha value is -1.48. The number of allylic oxidation sites excluding steroid dienone is 2. The van der Waals surface area contributed by atoms with Crippen molar-refractivity contribution in [2.45, 2.75) is 33.5 Å². The van der Waals surface area contributed by atoms with Crippen LogP contribution in [0, 0.1) is 0 Å². The van der Waals surface area contributed by atoms with Crippen LogP contribution in [-0.2, 0) is 19.6 Å². The zero-order valence-corrected chi connectivity index (χ0v) is 9.96. The normalized spacial score (nSPS) is 16.1. The first-order chi connectivity index (χ1) is 7.61. The van der Waals surface area contributed by atoms with Crippen LogP contribution >= 0.6 is 0 Å². The molecule has 0 amide bonds. The summed E-state index contributed by atoms with van der Waals surface area (Å²) >= 11 is 0. The molecule has 0 fully saturated rings. The minimum atomic E-state index is 0.609. The minimum absolute atomic E-state index is 0.609. The van der Waals surface area contributed by atoms with Crippen LogP contribution in [0.2, 0.25) is 0 Å². The van der Waals surface area contributed by atoms with Crippen LogP contribution in [0.5, 0.6) is 0 Å². The van der Waals surface area contributed by atoms with E-state index in [0.29, 0.717) is 6.54 Å². The number of nitrogens with zero attached hydrogens (tertiary/aromatic N) is 1. The smallest absolute Gasteiger partial charge is 0.0434 e. The van der Waals surface area contributed by atoms with Crippen molar-refractivity contribution in [3.8, 4) is 0 Å². The predicted molar refractivity (Wildman–Crippen MR) is 66.1 cm³/mol. The first-order valence-electron chi connectivity index (χ1n) is 5.60. The molecule has 4 N–H and O–H groups in total. The average molecular weight is 217 g/mol. The van der Waals surface area contributed by atoms with Gasteiger partial charge in [-0.15, -0.1) is 0 Å². The van der Waals surface area contributed by atoms with Crippen molar-refractivity contribution >= 4 is 0 Å². The quantitative estimate of drug-likeness (QED) is 0.792. The Bertz CT molecular complexity index is 431. The van der Waals surface area contributed by atoms with Crippen LogP contribution in [0.25, 0.3) is 0 Å². The third kappa shape index (κ3) is 1.91. The zero-order chi connectivity index (χ0) is 11.7. The van der Waals surface area contributed by atoms with Gasteiger partial charge in [-0.3, -0.25) is 0 Å². The van der Waals surface area contributed by atoms with Gasteiger partial charge in [0, 0.05) is 31.0 Å². The third-order valence-electron chi connectivity index (χ3n) is 3.27. The Balaban J connectivity index is 2.24. The SMILES string of the molecule is C/C(N)=C(\C)N1Cc2ccc(CN)cc2C1. The van der Waals surface area contributed by atoms with Crippen molar-refractivity contribution in [2.75, 3.05) is 0 Å². The van der Waals surface area contributed by atoms with Crippen LogP contribution in [0.3, 0.4) is 0 Å². The molecule has 1 aliphatic rings. The molecule has 0 saturated carbocycles. The van der Waals surface area contributed by atoms with E-state index in [1.807, 2.05) is 6.92 Å². The highest BCUT2D eigenvalue weighted by Gasteiger charge is 2.19. The van der Waals surface area contributed by atoms with E-state index >= 15 is 0 Å². The second-order valence-electron chi connectivity index (χ2n) is 4.43. The molecule has 0 aromatic heterocycles. The van der Waals surface area contributed by atoms with Crippen molar-refractivity contribution in [3.05, 3.63) is 46.3 Å². The van der Waals surface area contributed by atoms with Gasteiger partial charge in [0.05, 0.1) is 0 Å². The molecule has 0 unspecified atom stereocenters. The van der Waals surface area contributed by atoms with E-state index in [9.17, 15) is 0 Å². The van der Waals surface area contributed by atoms with Crippen LogP contribution in [0.4, 0.5) is 0 Å². The maximum Gasteiger partial charge on any atom is 0.0434 e. The summed E-state index contributed by atoms with van der Waals surface area (Å²) in [7, 11) is 0. The summed E-state index contributed by atoms with van der Waals surface area (Å²) in [5.74, 6) is 0. The lowest BCUT2D eigenvalue weighted by molar-refractivity contribution is 0.359. The molecular weight excluding hydrogens is 198 g/mol. The second-order valence-corrected chi connectivity index (χ2v) is 4.43. The van der Waals surface area contributed by atoms with E-state index in [0.717, 1.165) is 18.8 Å². The molecule has 0 saturated heterocycles. The molecule has 3 heteroatoms. The minimum Gasteiger partial charge on any atom is -0.401 e. The molecule has 0 aliphatic carbocycles. The van der Waals surface area contributed by atoms with Gasteiger partial charge in [-0.25, -0.2) is 0 Å². The van der Waals surface area contributed by atoms with Crippen molar-refractivity contribution in [1.29, 1.82) is 0 Å². The Morgan fingerprint density at radius 1 is 1.25 bits per heavy atom. The number of benzene rings is 1. The molecule has 0 spiro atoms. The molecular formula is C13H19N3. The lowest BCUT2D eigenvalue weighted by atomic mass is 10.1. The van der Waals surface area contributed by atoms with E-state index in [-0.39, 0.29) is 0 Å². The molecule has 1 heterocycles. The first-order valence-corrected chi connectivity index (χ1v) is 5.60. The number of nitrogens with two attached hydrogens (primary N) is 2. The molecule has 1 aromatic carbocycles. The maximum atomic E-state index is 5.82. The maximum absolute atomic E-state index is 5.82. The highest BCUT2D eigenvalue weighted by Crippen LogP contribution is 2.27. The van der Waals surface area contributed by atoms with Gasteiger partial charge in [-0.1, -0.05) is 18.2 Å². The summed E-state index contributed by atoms with van der Waals surface area (Å²) < 4.78 is 0. The van der Waals surface area contributed by atoms with Gasteiger partial charge in [0.1, 0.15) is 0 Å². The lowest BCUT2D eigenvalue weighted by Crippen LogP contribution is -2.17. The Morgan fingerprint density at radius 3 is 2.56 bits per heavy atom. The fourth-order valence-corrected chi connectivity index (χ4v) is 2.06. The fourth-order valence-electron chi connectivity index (χ4n) is 2.06. The number of rotatable bonds is 2. The van der Waals surface area contributed by atoms with Crippen LogP contribution in [0.15, 0.2) is 29.6 Å². The summed E-state index contributed by atoms with van der Waals surface area (Å²) in [6.45, 7) is 6.54. The highest BCUT2D eigenvalue weighted by molar-refractivity contribution is 5.36. The van der Waals surface area contributed by atoms with Crippen molar-refractivity contribution in [3.63, 3.8) is 0 Å². The predicted octanol–water partition coefficient (Wildman–Crippen LogP) is 1.67. The van der Waals surface area contributed by atoms with Crippen molar-refractivity contribution < 1.29 is 0 Å². The molecule has 3 nitrogen and oxygen atoms in total. The Kier molecular flexibility index (Phi) is 2.88. The standard InChI is InChI=1S/C13H19N3/c1-9(15)10(2)16-7-12-4-3-11(6-14)5-13(12)8-16/h3-5H,6-8,14-15H2,1-2H3/b10-9-. The monoisotopic (exact) mass is 217 g/mol. The largest absolute Gasteiger partial charge is 0.401 e. The fraction of sp³-hybridized carbons (Fsp3) is 0.385. The molecule has 2 rings (SSSR count). The number of hydrogen-bond donors (Lipinski definition) is 2. The van der Waals surface area contributed by atoms with Crippen LogP contribution in [0.1, 0.15) is 30.5 Å². The van der Waals surface area contributed by atoms with Gasteiger partial charge in [0.15, 0.2) is 0 Å². The summed E-state index contributed by atoms with van der Waals surface area (Å²) in [6.07, 6.45) is 0. The van der Waals surface area contributed by atoms with E-state index < -0.39 is 0 Å². The van der Waals surface area contributed by atoms with Crippen molar-refractivity contribution in [1.82, 2.24) is 4.90 Å². The van der Waals surface area contributed by atoms with Gasteiger partial charge in [-0.05, 0) is 30.5 Å². The van der Waals surface area contributed by atoms with Crippen molar-refractivity contribution in [2.24, 2.45) is 11.5 Å².